The lowest BCUT2D eigenvalue weighted by atomic mass is 9.92. The second kappa shape index (κ2) is 4.74. The Kier molecular flexibility index (Phi) is 2.84. The van der Waals surface area contributed by atoms with Crippen LogP contribution in [0, 0.1) is 10.1 Å². The summed E-state index contributed by atoms with van der Waals surface area (Å²) in [7, 11) is 0. The molecule has 0 amide bonds. The predicted molar refractivity (Wildman–Crippen MR) is 81.2 cm³/mol. The summed E-state index contributed by atoms with van der Waals surface area (Å²) in [6, 6.07) is 14.5. The SMILES string of the molecule is O=[N+]([O-])C(Cl)C1c2ccccc2Oc2c1oc1ccccc21. The van der Waals surface area contributed by atoms with Crippen molar-refractivity contribution < 1.29 is 14.1 Å². The lowest BCUT2D eigenvalue weighted by Gasteiger charge is -2.24. The number of fused-ring (bicyclic) bond motifs is 4. The topological polar surface area (TPSA) is 65.5 Å². The molecule has 0 N–H and O–H groups in total. The molecule has 110 valence electrons. The van der Waals surface area contributed by atoms with Gasteiger partial charge in [-0.1, -0.05) is 30.3 Å². The monoisotopic (exact) mass is 315 g/mol. The van der Waals surface area contributed by atoms with E-state index in [-0.39, 0.29) is 0 Å². The first kappa shape index (κ1) is 13.2. The van der Waals surface area contributed by atoms with Crippen LogP contribution < -0.4 is 4.74 Å². The summed E-state index contributed by atoms with van der Waals surface area (Å²) < 4.78 is 11.7. The maximum absolute atomic E-state index is 11.2. The first-order valence-electron chi connectivity index (χ1n) is 6.72. The van der Waals surface area contributed by atoms with Gasteiger partial charge in [-0.2, -0.15) is 0 Å². The van der Waals surface area contributed by atoms with Crippen molar-refractivity contribution in [2.75, 3.05) is 0 Å². The fourth-order valence-corrected chi connectivity index (χ4v) is 3.08. The first-order chi connectivity index (χ1) is 10.7. The van der Waals surface area contributed by atoms with E-state index in [0.717, 1.165) is 5.39 Å². The van der Waals surface area contributed by atoms with E-state index in [4.69, 9.17) is 20.8 Å². The van der Waals surface area contributed by atoms with E-state index < -0.39 is 16.3 Å². The summed E-state index contributed by atoms with van der Waals surface area (Å²) in [4.78, 5) is 10.7. The molecule has 2 atom stereocenters. The van der Waals surface area contributed by atoms with Gasteiger partial charge < -0.3 is 9.15 Å². The lowest BCUT2D eigenvalue weighted by Crippen LogP contribution is -2.25. The average molecular weight is 316 g/mol. The minimum Gasteiger partial charge on any atom is -0.456 e. The van der Waals surface area contributed by atoms with Crippen molar-refractivity contribution >= 4 is 22.6 Å². The van der Waals surface area contributed by atoms with Crippen molar-refractivity contribution in [2.24, 2.45) is 0 Å². The molecule has 0 radical (unpaired) electrons. The van der Waals surface area contributed by atoms with E-state index in [1.807, 2.05) is 24.3 Å². The number of para-hydroxylation sites is 2. The van der Waals surface area contributed by atoms with Gasteiger partial charge in [0, 0.05) is 10.5 Å². The number of nitrogens with zero attached hydrogens (tertiary/aromatic N) is 1. The van der Waals surface area contributed by atoms with Gasteiger partial charge >= 0.3 is 0 Å². The second-order valence-corrected chi connectivity index (χ2v) is 5.51. The van der Waals surface area contributed by atoms with Crippen LogP contribution >= 0.6 is 11.6 Å². The lowest BCUT2D eigenvalue weighted by molar-refractivity contribution is -0.501. The number of ether oxygens (including phenoxy) is 1. The van der Waals surface area contributed by atoms with Gasteiger partial charge in [-0.15, -0.1) is 0 Å². The smallest absolute Gasteiger partial charge is 0.300 e. The van der Waals surface area contributed by atoms with E-state index >= 15 is 0 Å². The van der Waals surface area contributed by atoms with Gasteiger partial charge in [0.15, 0.2) is 11.5 Å². The van der Waals surface area contributed by atoms with Gasteiger partial charge in [-0.25, -0.2) is 0 Å². The Morgan fingerprint density at radius 1 is 1.14 bits per heavy atom. The van der Waals surface area contributed by atoms with Crippen LogP contribution in [0.1, 0.15) is 17.2 Å². The van der Waals surface area contributed by atoms with Crippen molar-refractivity contribution in [3.05, 3.63) is 70.0 Å². The zero-order valence-corrected chi connectivity index (χ0v) is 12.0. The van der Waals surface area contributed by atoms with E-state index in [0.29, 0.717) is 28.4 Å². The number of benzene rings is 2. The Morgan fingerprint density at radius 3 is 2.68 bits per heavy atom. The highest BCUT2D eigenvalue weighted by Gasteiger charge is 2.42. The molecule has 6 heteroatoms. The maximum Gasteiger partial charge on any atom is 0.300 e. The Labute approximate surface area is 130 Å². The van der Waals surface area contributed by atoms with Crippen molar-refractivity contribution in [2.45, 2.75) is 11.4 Å². The molecular weight excluding hydrogens is 306 g/mol. The molecule has 0 spiro atoms. The fraction of sp³-hybridized carbons (Fsp3) is 0.125. The number of furan rings is 1. The Morgan fingerprint density at radius 2 is 1.86 bits per heavy atom. The van der Waals surface area contributed by atoms with Crippen LogP contribution in [0.25, 0.3) is 11.0 Å². The van der Waals surface area contributed by atoms with E-state index in [1.54, 1.807) is 24.3 Å². The largest absolute Gasteiger partial charge is 0.456 e. The Hall–Kier alpha value is -2.53. The highest BCUT2D eigenvalue weighted by atomic mass is 35.5. The van der Waals surface area contributed by atoms with Gasteiger partial charge in [-0.05, 0) is 29.8 Å². The van der Waals surface area contributed by atoms with Crippen molar-refractivity contribution in [1.29, 1.82) is 0 Å². The van der Waals surface area contributed by atoms with E-state index in [9.17, 15) is 10.1 Å². The molecule has 3 aromatic rings. The molecule has 2 aromatic carbocycles. The van der Waals surface area contributed by atoms with Gasteiger partial charge in [0.1, 0.15) is 17.3 Å². The third-order valence-electron chi connectivity index (χ3n) is 3.80. The molecule has 0 saturated carbocycles. The van der Waals surface area contributed by atoms with Crippen molar-refractivity contribution in [3.8, 4) is 11.5 Å². The summed E-state index contributed by atoms with van der Waals surface area (Å²) in [6.07, 6.45) is 0. The Balaban J connectivity index is 2.00. The zero-order chi connectivity index (χ0) is 15.3. The zero-order valence-electron chi connectivity index (χ0n) is 11.2. The maximum atomic E-state index is 11.2. The molecule has 1 aromatic heterocycles. The number of hydrogen-bond acceptors (Lipinski definition) is 4. The predicted octanol–water partition coefficient (Wildman–Crippen LogP) is 4.51. The third-order valence-corrected chi connectivity index (χ3v) is 4.21. The van der Waals surface area contributed by atoms with Crippen LogP contribution in [0.5, 0.6) is 11.5 Å². The highest BCUT2D eigenvalue weighted by Crippen LogP contribution is 2.50. The molecule has 4 rings (SSSR count). The fourth-order valence-electron chi connectivity index (χ4n) is 2.83. The molecule has 0 bridgehead atoms. The normalized spacial score (nSPS) is 17.4. The Bertz CT molecular complexity index is 889. The number of alkyl halides is 1. The standard InChI is InChI=1S/C16H10ClNO4/c17-16(18(19)20)13-9-5-1-3-7-11(9)21-14-10-6-2-4-8-12(10)22-15(13)14/h1-8,13,16H. The molecule has 22 heavy (non-hydrogen) atoms. The van der Waals surface area contributed by atoms with E-state index in [1.165, 1.54) is 0 Å². The number of rotatable bonds is 2. The van der Waals surface area contributed by atoms with Crippen molar-refractivity contribution in [1.82, 2.24) is 0 Å². The highest BCUT2D eigenvalue weighted by molar-refractivity contribution is 6.20. The van der Waals surface area contributed by atoms with Crippen molar-refractivity contribution in [3.63, 3.8) is 0 Å². The van der Waals surface area contributed by atoms with Gasteiger partial charge in [-0.3, -0.25) is 10.1 Å². The quantitative estimate of drug-likeness (QED) is 0.302. The van der Waals surface area contributed by atoms with Crippen LogP contribution in [-0.4, -0.2) is 10.4 Å². The molecule has 1 aliphatic rings. The summed E-state index contributed by atoms with van der Waals surface area (Å²) in [5.41, 5.74) is -0.0485. The summed E-state index contributed by atoms with van der Waals surface area (Å²) in [6.45, 7) is 0. The molecule has 0 fully saturated rings. The number of halogens is 1. The summed E-state index contributed by atoms with van der Waals surface area (Å²) in [5.74, 6) is 0.784. The molecule has 0 saturated heterocycles. The summed E-state index contributed by atoms with van der Waals surface area (Å²) in [5, 5.41) is 12.0. The summed E-state index contributed by atoms with van der Waals surface area (Å²) >= 11 is 6.06. The van der Waals surface area contributed by atoms with Crippen LogP contribution in [0.2, 0.25) is 0 Å². The molecule has 2 unspecified atom stereocenters. The van der Waals surface area contributed by atoms with Crippen LogP contribution in [0.3, 0.4) is 0 Å². The first-order valence-corrected chi connectivity index (χ1v) is 7.16. The molecule has 0 aliphatic carbocycles. The minimum absolute atomic E-state index is 0.400. The van der Waals surface area contributed by atoms with Gasteiger partial charge in [0.05, 0.1) is 5.39 Å². The van der Waals surface area contributed by atoms with Crippen LogP contribution in [0.15, 0.2) is 52.9 Å². The second-order valence-electron chi connectivity index (χ2n) is 5.07. The van der Waals surface area contributed by atoms with Gasteiger partial charge in [0.25, 0.3) is 5.50 Å². The number of hydrogen-bond donors (Lipinski definition) is 0. The van der Waals surface area contributed by atoms with E-state index in [2.05, 4.69) is 0 Å². The third kappa shape index (κ3) is 1.79. The van der Waals surface area contributed by atoms with Crippen LogP contribution in [0.4, 0.5) is 0 Å². The average Bonchev–Trinajstić information content (AvgIpc) is 2.90. The molecule has 5 nitrogen and oxygen atoms in total. The van der Waals surface area contributed by atoms with Crippen LogP contribution in [-0.2, 0) is 0 Å². The number of nitro groups is 1. The molecule has 2 heterocycles. The molecule has 1 aliphatic heterocycles. The van der Waals surface area contributed by atoms with Gasteiger partial charge in [0.2, 0.25) is 0 Å². The molecular formula is C16H10ClNO4. The minimum atomic E-state index is -1.33.